The van der Waals surface area contributed by atoms with E-state index in [0.717, 1.165) is 0 Å². The molecule has 0 aromatic heterocycles. The monoisotopic (exact) mass is 258 g/mol. The van der Waals surface area contributed by atoms with E-state index in [9.17, 15) is 23.4 Å². The molecule has 1 aliphatic rings. The first-order chi connectivity index (χ1) is 7.20. The molecule has 1 fully saturated rings. The SMILES string of the molecule is O=C(O)C1C[C@@H](O)C(OS(=O)(=O)O)C(O)O1. The Kier molecular flexibility index (Phi) is 3.83. The fraction of sp³-hybridized carbons (Fsp3) is 0.833. The van der Waals surface area contributed by atoms with Crippen molar-refractivity contribution >= 4 is 16.4 Å². The lowest BCUT2D eigenvalue weighted by atomic mass is 10.0. The zero-order chi connectivity index (χ0) is 12.5. The molecular formula is C6H10O9S. The zero-order valence-corrected chi connectivity index (χ0v) is 8.57. The second-order valence-electron chi connectivity index (χ2n) is 3.15. The van der Waals surface area contributed by atoms with Gasteiger partial charge < -0.3 is 20.1 Å². The van der Waals surface area contributed by atoms with Gasteiger partial charge in [-0.15, -0.1) is 0 Å². The van der Waals surface area contributed by atoms with Gasteiger partial charge in [0.05, 0.1) is 6.10 Å². The van der Waals surface area contributed by atoms with E-state index in [4.69, 9.17) is 9.66 Å². The zero-order valence-electron chi connectivity index (χ0n) is 7.75. The number of aliphatic hydroxyl groups excluding tert-OH is 2. The van der Waals surface area contributed by atoms with Gasteiger partial charge in [-0.25, -0.2) is 8.98 Å². The number of aliphatic hydroxyl groups is 2. The Morgan fingerprint density at radius 1 is 1.38 bits per heavy atom. The van der Waals surface area contributed by atoms with E-state index in [1.165, 1.54) is 0 Å². The summed E-state index contributed by atoms with van der Waals surface area (Å²) in [5, 5.41) is 27.0. The highest BCUT2D eigenvalue weighted by atomic mass is 32.3. The highest BCUT2D eigenvalue weighted by Crippen LogP contribution is 2.22. The average molecular weight is 258 g/mol. The third-order valence-corrected chi connectivity index (χ3v) is 2.39. The first-order valence-corrected chi connectivity index (χ1v) is 5.47. The first-order valence-electron chi connectivity index (χ1n) is 4.11. The molecule has 4 atom stereocenters. The largest absolute Gasteiger partial charge is 0.479 e. The Labute approximate surface area is 90.2 Å². The fourth-order valence-corrected chi connectivity index (χ4v) is 1.76. The van der Waals surface area contributed by atoms with E-state index in [2.05, 4.69) is 8.92 Å². The van der Waals surface area contributed by atoms with Crippen LogP contribution >= 0.6 is 0 Å². The molecule has 0 aromatic carbocycles. The molecule has 0 amide bonds. The van der Waals surface area contributed by atoms with Gasteiger partial charge in [0.2, 0.25) is 0 Å². The van der Waals surface area contributed by atoms with Crippen molar-refractivity contribution in [3.8, 4) is 0 Å². The summed E-state index contributed by atoms with van der Waals surface area (Å²) in [5.41, 5.74) is 0. The Morgan fingerprint density at radius 2 is 1.94 bits per heavy atom. The molecule has 4 N–H and O–H groups in total. The van der Waals surface area contributed by atoms with E-state index in [0.29, 0.717) is 0 Å². The van der Waals surface area contributed by atoms with Crippen LogP contribution in [0.1, 0.15) is 6.42 Å². The minimum atomic E-state index is -4.87. The Hall–Kier alpha value is -0.780. The number of carboxylic acid groups (broad SMARTS) is 1. The van der Waals surface area contributed by atoms with Crippen molar-refractivity contribution in [1.82, 2.24) is 0 Å². The van der Waals surface area contributed by atoms with Gasteiger partial charge in [-0.05, 0) is 0 Å². The lowest BCUT2D eigenvalue weighted by Crippen LogP contribution is -2.52. The summed E-state index contributed by atoms with van der Waals surface area (Å²) >= 11 is 0. The highest BCUT2D eigenvalue weighted by Gasteiger charge is 2.42. The van der Waals surface area contributed by atoms with Gasteiger partial charge in [0.1, 0.15) is 0 Å². The molecule has 16 heavy (non-hydrogen) atoms. The van der Waals surface area contributed by atoms with Crippen LogP contribution in [0.4, 0.5) is 0 Å². The quantitative estimate of drug-likeness (QED) is 0.410. The van der Waals surface area contributed by atoms with Crippen molar-refractivity contribution in [3.63, 3.8) is 0 Å². The molecule has 10 heteroatoms. The highest BCUT2D eigenvalue weighted by molar-refractivity contribution is 7.80. The normalized spacial score (nSPS) is 35.9. The third-order valence-electron chi connectivity index (χ3n) is 1.93. The molecule has 0 bridgehead atoms. The number of aliphatic carboxylic acids is 1. The first kappa shape index (κ1) is 13.3. The van der Waals surface area contributed by atoms with Crippen LogP contribution in [-0.4, -0.2) is 58.9 Å². The summed E-state index contributed by atoms with van der Waals surface area (Å²) in [6.07, 6.45) is -7.25. The predicted molar refractivity (Wildman–Crippen MR) is 45.6 cm³/mol. The molecule has 1 aliphatic heterocycles. The number of carbonyl (C=O) groups is 1. The van der Waals surface area contributed by atoms with Crippen molar-refractivity contribution in [2.75, 3.05) is 0 Å². The van der Waals surface area contributed by atoms with Gasteiger partial charge in [0.25, 0.3) is 0 Å². The summed E-state index contributed by atoms with van der Waals surface area (Å²) in [5.74, 6) is -1.41. The summed E-state index contributed by atoms with van der Waals surface area (Å²) < 4.78 is 37.4. The second-order valence-corrected chi connectivity index (χ2v) is 4.19. The van der Waals surface area contributed by atoms with Crippen LogP contribution in [0, 0.1) is 0 Å². The van der Waals surface area contributed by atoms with E-state index in [1.807, 2.05) is 0 Å². The van der Waals surface area contributed by atoms with Crippen LogP contribution in [0.15, 0.2) is 0 Å². The molecule has 9 nitrogen and oxygen atoms in total. The minimum absolute atomic E-state index is 0.466. The molecule has 1 saturated heterocycles. The van der Waals surface area contributed by atoms with Crippen molar-refractivity contribution in [2.24, 2.45) is 0 Å². The second kappa shape index (κ2) is 4.61. The maximum absolute atomic E-state index is 10.5. The smallest absolute Gasteiger partial charge is 0.397 e. The topological polar surface area (TPSA) is 151 Å². The van der Waals surface area contributed by atoms with Crippen LogP contribution < -0.4 is 0 Å². The van der Waals surface area contributed by atoms with Crippen LogP contribution in [0.2, 0.25) is 0 Å². The van der Waals surface area contributed by atoms with E-state index >= 15 is 0 Å². The maximum atomic E-state index is 10.5. The maximum Gasteiger partial charge on any atom is 0.397 e. The third kappa shape index (κ3) is 3.37. The van der Waals surface area contributed by atoms with Crippen molar-refractivity contribution < 1.29 is 42.0 Å². The minimum Gasteiger partial charge on any atom is -0.479 e. The van der Waals surface area contributed by atoms with Crippen LogP contribution in [0.25, 0.3) is 0 Å². The van der Waals surface area contributed by atoms with Gasteiger partial charge in [-0.2, -0.15) is 8.42 Å². The summed E-state index contributed by atoms with van der Waals surface area (Å²) in [6, 6.07) is 0. The molecule has 0 radical (unpaired) electrons. The number of hydrogen-bond acceptors (Lipinski definition) is 7. The van der Waals surface area contributed by atoms with Crippen molar-refractivity contribution in [2.45, 2.75) is 31.0 Å². The van der Waals surface area contributed by atoms with Crippen LogP contribution in [0.3, 0.4) is 0 Å². The molecule has 0 aromatic rings. The fourth-order valence-electron chi connectivity index (χ4n) is 1.26. The number of rotatable bonds is 3. The standard InChI is InChI=1S/C6H10O9S/c7-2-1-3(5(8)9)14-6(10)4(2)15-16(11,12)13/h2-4,6-7,10H,1H2,(H,8,9)(H,11,12,13)/t2-,3?,4?,6?/m1/s1. The predicted octanol–water partition coefficient (Wildman–Crippen LogP) is -2.27. The molecular weight excluding hydrogens is 248 g/mol. The van der Waals surface area contributed by atoms with Gasteiger partial charge in [0.15, 0.2) is 18.5 Å². The lowest BCUT2D eigenvalue weighted by Gasteiger charge is -2.33. The van der Waals surface area contributed by atoms with E-state index in [-0.39, 0.29) is 0 Å². The molecule has 94 valence electrons. The number of hydrogen-bond donors (Lipinski definition) is 4. The van der Waals surface area contributed by atoms with Crippen LogP contribution in [0.5, 0.6) is 0 Å². The van der Waals surface area contributed by atoms with E-state index < -0.39 is 47.4 Å². The molecule has 1 rings (SSSR count). The molecule has 0 aliphatic carbocycles. The lowest BCUT2D eigenvalue weighted by molar-refractivity contribution is -0.242. The number of ether oxygens (including phenoxy) is 1. The number of carboxylic acids is 1. The molecule has 3 unspecified atom stereocenters. The van der Waals surface area contributed by atoms with Crippen LogP contribution in [-0.2, 0) is 24.1 Å². The van der Waals surface area contributed by atoms with Crippen molar-refractivity contribution in [1.29, 1.82) is 0 Å². The summed E-state index contributed by atoms with van der Waals surface area (Å²) in [4.78, 5) is 10.5. The molecule has 1 heterocycles. The van der Waals surface area contributed by atoms with E-state index in [1.54, 1.807) is 0 Å². The average Bonchev–Trinajstić information content (AvgIpc) is 2.09. The van der Waals surface area contributed by atoms with Gasteiger partial charge >= 0.3 is 16.4 Å². The summed E-state index contributed by atoms with van der Waals surface area (Å²) in [6.45, 7) is 0. The molecule has 0 spiro atoms. The van der Waals surface area contributed by atoms with Gasteiger partial charge in [-0.3, -0.25) is 4.55 Å². The molecule has 0 saturated carbocycles. The Bertz CT molecular complexity index is 350. The Morgan fingerprint density at radius 3 is 2.31 bits per heavy atom. The van der Waals surface area contributed by atoms with Gasteiger partial charge in [-0.1, -0.05) is 0 Å². The Balaban J connectivity index is 2.73. The summed E-state index contributed by atoms with van der Waals surface area (Å²) in [7, 11) is -4.87. The van der Waals surface area contributed by atoms with Gasteiger partial charge in [0, 0.05) is 6.42 Å². The van der Waals surface area contributed by atoms with Crippen molar-refractivity contribution in [3.05, 3.63) is 0 Å².